The van der Waals surface area contributed by atoms with Gasteiger partial charge < -0.3 is 10.6 Å². The molecule has 2 atom stereocenters. The number of aryl methyl sites for hydroxylation is 1. The van der Waals surface area contributed by atoms with E-state index >= 15 is 0 Å². The van der Waals surface area contributed by atoms with E-state index in [9.17, 15) is 4.79 Å². The van der Waals surface area contributed by atoms with Gasteiger partial charge in [0.1, 0.15) is 0 Å². The predicted octanol–water partition coefficient (Wildman–Crippen LogP) is 1.45. The van der Waals surface area contributed by atoms with E-state index in [1.807, 2.05) is 11.7 Å². The molecule has 3 fully saturated rings. The van der Waals surface area contributed by atoms with Crippen molar-refractivity contribution in [3.8, 4) is 0 Å². The zero-order valence-electron chi connectivity index (χ0n) is 12.7. The molecule has 1 saturated heterocycles. The average Bonchev–Trinajstić information content (AvgIpc) is 2.93. The summed E-state index contributed by atoms with van der Waals surface area (Å²) in [7, 11) is 1.97. The Morgan fingerprint density at radius 2 is 2.33 bits per heavy atom. The Hall–Kier alpha value is -1.36. The molecule has 1 aromatic rings. The zero-order valence-corrected chi connectivity index (χ0v) is 12.7. The molecular formula is C16H24N4O. The highest BCUT2D eigenvalue weighted by Crippen LogP contribution is 2.44. The summed E-state index contributed by atoms with van der Waals surface area (Å²) < 4.78 is 1.92. The second kappa shape index (κ2) is 4.83. The van der Waals surface area contributed by atoms with Crippen LogP contribution in [-0.4, -0.2) is 28.3 Å². The predicted molar refractivity (Wildman–Crippen MR) is 79.7 cm³/mol. The molecule has 2 N–H and O–H groups in total. The third-order valence-corrected chi connectivity index (χ3v) is 5.62. The molecule has 21 heavy (non-hydrogen) atoms. The van der Waals surface area contributed by atoms with Crippen LogP contribution in [0, 0.1) is 5.41 Å². The summed E-state index contributed by atoms with van der Waals surface area (Å²) in [6.07, 6.45) is 6.86. The highest BCUT2D eigenvalue weighted by atomic mass is 16.2. The van der Waals surface area contributed by atoms with Crippen molar-refractivity contribution in [2.24, 2.45) is 12.5 Å². The minimum absolute atomic E-state index is 0.141. The van der Waals surface area contributed by atoms with Gasteiger partial charge in [-0.2, -0.15) is 5.10 Å². The molecule has 2 aliphatic carbocycles. The van der Waals surface area contributed by atoms with E-state index in [1.54, 1.807) is 0 Å². The maximum atomic E-state index is 12.7. The number of rotatable bonds is 4. The first-order valence-electron chi connectivity index (χ1n) is 8.23. The van der Waals surface area contributed by atoms with E-state index in [0.717, 1.165) is 31.5 Å². The molecular weight excluding hydrogens is 264 g/mol. The van der Waals surface area contributed by atoms with Gasteiger partial charge in [-0.25, -0.2) is 0 Å². The quantitative estimate of drug-likeness (QED) is 0.881. The lowest BCUT2D eigenvalue weighted by Crippen LogP contribution is -2.45. The second-order valence-corrected chi connectivity index (χ2v) is 6.95. The summed E-state index contributed by atoms with van der Waals surface area (Å²) in [5.74, 6) is 0.904. The molecule has 0 bridgehead atoms. The normalized spacial score (nSPS) is 31.4. The molecule has 2 saturated carbocycles. The SMILES string of the molecule is Cn1nc(C2CC2)cc1CNC(=O)[C@]12CCC[C@H]1NCC2. The van der Waals surface area contributed by atoms with Crippen LogP contribution in [0.4, 0.5) is 0 Å². The molecule has 5 heteroatoms. The Balaban J connectivity index is 1.43. The number of carbonyl (C=O) groups is 1. The molecule has 3 aliphatic rings. The maximum Gasteiger partial charge on any atom is 0.228 e. The Labute approximate surface area is 125 Å². The summed E-state index contributed by atoms with van der Waals surface area (Å²) >= 11 is 0. The van der Waals surface area contributed by atoms with Crippen LogP contribution in [-0.2, 0) is 18.4 Å². The highest BCUT2D eigenvalue weighted by Gasteiger charge is 2.51. The van der Waals surface area contributed by atoms with E-state index in [-0.39, 0.29) is 11.3 Å². The number of hydrogen-bond acceptors (Lipinski definition) is 3. The van der Waals surface area contributed by atoms with E-state index in [0.29, 0.717) is 18.5 Å². The summed E-state index contributed by atoms with van der Waals surface area (Å²) in [6, 6.07) is 2.56. The maximum absolute atomic E-state index is 12.7. The summed E-state index contributed by atoms with van der Waals surface area (Å²) in [4.78, 5) is 12.7. The van der Waals surface area contributed by atoms with Crippen molar-refractivity contribution in [3.05, 3.63) is 17.5 Å². The van der Waals surface area contributed by atoms with Crippen LogP contribution in [0.25, 0.3) is 0 Å². The number of fused-ring (bicyclic) bond motifs is 1. The second-order valence-electron chi connectivity index (χ2n) is 6.95. The minimum atomic E-state index is -0.141. The monoisotopic (exact) mass is 288 g/mol. The Bertz CT molecular complexity index is 551. The van der Waals surface area contributed by atoms with Gasteiger partial charge >= 0.3 is 0 Å². The van der Waals surface area contributed by atoms with Crippen LogP contribution in [0.2, 0.25) is 0 Å². The number of aromatic nitrogens is 2. The average molecular weight is 288 g/mol. The first kappa shape index (κ1) is 13.3. The van der Waals surface area contributed by atoms with Gasteiger partial charge in [0, 0.05) is 19.0 Å². The van der Waals surface area contributed by atoms with Crippen LogP contribution in [0.15, 0.2) is 6.07 Å². The summed E-state index contributed by atoms with van der Waals surface area (Å²) in [6.45, 7) is 1.58. The fourth-order valence-electron chi connectivity index (χ4n) is 4.14. The van der Waals surface area contributed by atoms with Crippen molar-refractivity contribution in [2.45, 2.75) is 57.0 Å². The fourth-order valence-corrected chi connectivity index (χ4v) is 4.14. The van der Waals surface area contributed by atoms with Crippen molar-refractivity contribution in [1.82, 2.24) is 20.4 Å². The molecule has 114 valence electrons. The van der Waals surface area contributed by atoms with E-state index in [2.05, 4.69) is 21.8 Å². The van der Waals surface area contributed by atoms with Crippen molar-refractivity contribution in [1.29, 1.82) is 0 Å². The van der Waals surface area contributed by atoms with Gasteiger partial charge in [0.25, 0.3) is 0 Å². The smallest absolute Gasteiger partial charge is 0.228 e. The molecule has 2 heterocycles. The number of nitrogens with zero attached hydrogens (tertiary/aromatic N) is 2. The third kappa shape index (κ3) is 2.18. The lowest BCUT2D eigenvalue weighted by molar-refractivity contribution is -0.131. The van der Waals surface area contributed by atoms with Crippen molar-refractivity contribution in [3.63, 3.8) is 0 Å². The van der Waals surface area contributed by atoms with Crippen LogP contribution >= 0.6 is 0 Å². The fraction of sp³-hybridized carbons (Fsp3) is 0.750. The number of hydrogen-bond donors (Lipinski definition) is 2. The summed E-state index contributed by atoms with van der Waals surface area (Å²) in [5, 5.41) is 11.2. The van der Waals surface area contributed by atoms with Crippen molar-refractivity contribution in [2.75, 3.05) is 6.54 Å². The van der Waals surface area contributed by atoms with Gasteiger partial charge in [-0.3, -0.25) is 9.48 Å². The first-order chi connectivity index (χ1) is 10.2. The Morgan fingerprint density at radius 1 is 1.48 bits per heavy atom. The molecule has 0 aromatic carbocycles. The third-order valence-electron chi connectivity index (χ3n) is 5.62. The molecule has 1 amide bonds. The minimum Gasteiger partial charge on any atom is -0.350 e. The molecule has 1 aliphatic heterocycles. The highest BCUT2D eigenvalue weighted by molar-refractivity contribution is 5.84. The van der Waals surface area contributed by atoms with Crippen LogP contribution in [0.1, 0.15) is 55.8 Å². The van der Waals surface area contributed by atoms with Crippen molar-refractivity contribution < 1.29 is 4.79 Å². The largest absolute Gasteiger partial charge is 0.350 e. The van der Waals surface area contributed by atoms with Gasteiger partial charge in [-0.1, -0.05) is 6.42 Å². The molecule has 0 unspecified atom stereocenters. The van der Waals surface area contributed by atoms with Crippen molar-refractivity contribution >= 4 is 5.91 Å². The lowest BCUT2D eigenvalue weighted by Gasteiger charge is -2.27. The Kier molecular flexibility index (Phi) is 3.06. The molecule has 4 rings (SSSR count). The van der Waals surface area contributed by atoms with Crippen LogP contribution < -0.4 is 10.6 Å². The standard InChI is InChI=1S/C16H24N4O/c1-20-12(9-13(19-20)11-4-5-11)10-18-15(21)16-6-2-3-14(16)17-8-7-16/h9,11,14,17H,2-8,10H2,1H3,(H,18,21)/t14-,16+/m1/s1. The van der Waals surface area contributed by atoms with E-state index in [1.165, 1.54) is 25.0 Å². The summed E-state index contributed by atoms with van der Waals surface area (Å²) in [5.41, 5.74) is 2.17. The zero-order chi connectivity index (χ0) is 14.4. The number of carbonyl (C=O) groups excluding carboxylic acids is 1. The first-order valence-corrected chi connectivity index (χ1v) is 8.23. The molecule has 1 aromatic heterocycles. The van der Waals surface area contributed by atoms with Gasteiger partial charge in [0.2, 0.25) is 5.91 Å². The topological polar surface area (TPSA) is 59.0 Å². The van der Waals surface area contributed by atoms with E-state index in [4.69, 9.17) is 0 Å². The molecule has 0 spiro atoms. The molecule has 5 nitrogen and oxygen atoms in total. The van der Waals surface area contributed by atoms with E-state index < -0.39 is 0 Å². The van der Waals surface area contributed by atoms with Crippen LogP contribution in [0.3, 0.4) is 0 Å². The van der Waals surface area contributed by atoms with Gasteiger partial charge in [0.15, 0.2) is 0 Å². The lowest BCUT2D eigenvalue weighted by atomic mass is 9.81. The van der Waals surface area contributed by atoms with Gasteiger partial charge in [0.05, 0.1) is 23.3 Å². The Morgan fingerprint density at radius 3 is 3.14 bits per heavy atom. The molecule has 0 radical (unpaired) electrons. The number of nitrogens with one attached hydrogen (secondary N) is 2. The van der Waals surface area contributed by atoms with Crippen LogP contribution in [0.5, 0.6) is 0 Å². The van der Waals surface area contributed by atoms with Gasteiger partial charge in [-0.05, 0) is 44.7 Å². The number of amides is 1. The van der Waals surface area contributed by atoms with Gasteiger partial charge in [-0.15, -0.1) is 0 Å².